The zero-order chi connectivity index (χ0) is 13.3. The third-order valence-electron chi connectivity index (χ3n) is 2.31. The Morgan fingerprint density at radius 3 is 2.47 bits per heavy atom. The number of hydrogen-bond donors (Lipinski definition) is 1. The summed E-state index contributed by atoms with van der Waals surface area (Å²) in [6, 6.07) is 0. The van der Waals surface area contributed by atoms with E-state index in [1.54, 1.807) is 0 Å². The maximum absolute atomic E-state index is 11.7. The summed E-state index contributed by atoms with van der Waals surface area (Å²) in [5, 5.41) is 0.221. The van der Waals surface area contributed by atoms with Gasteiger partial charge in [0.2, 0.25) is 0 Å². The quantitative estimate of drug-likeness (QED) is 0.692. The van der Waals surface area contributed by atoms with Crippen LogP contribution in [0.25, 0.3) is 0 Å². The van der Waals surface area contributed by atoms with Gasteiger partial charge in [-0.2, -0.15) is 0 Å². The molecule has 0 aliphatic heterocycles. The summed E-state index contributed by atoms with van der Waals surface area (Å²) in [4.78, 5) is 12.7. The predicted molar refractivity (Wildman–Crippen MR) is 77.6 cm³/mol. The Hall–Kier alpha value is -0.700. The zero-order valence-electron chi connectivity index (χ0n) is 11.5. The Morgan fingerprint density at radius 1 is 1.35 bits per heavy atom. The van der Waals surface area contributed by atoms with Crippen LogP contribution in [0.4, 0.5) is 0 Å². The molecule has 0 unspecified atom stereocenters. The number of hydrogen-bond acceptors (Lipinski definition) is 3. The van der Waals surface area contributed by atoms with Crippen molar-refractivity contribution < 1.29 is 4.79 Å². The molecule has 0 spiro atoms. The van der Waals surface area contributed by atoms with Gasteiger partial charge in [-0.15, -0.1) is 0 Å². The first-order valence-electron chi connectivity index (χ1n) is 6.33. The number of thioether (sulfide) groups is 1. The first-order chi connectivity index (χ1) is 8.01. The van der Waals surface area contributed by atoms with Gasteiger partial charge in [0.05, 0.1) is 0 Å². The fraction of sp³-hybridized carbons (Fsp3) is 0.643. The highest BCUT2D eigenvalue weighted by Gasteiger charge is 2.10. The van der Waals surface area contributed by atoms with Crippen molar-refractivity contribution in [1.82, 2.24) is 0 Å². The van der Waals surface area contributed by atoms with E-state index in [0.717, 1.165) is 29.9 Å². The first-order valence-corrected chi connectivity index (χ1v) is 7.14. The maximum atomic E-state index is 11.7. The summed E-state index contributed by atoms with van der Waals surface area (Å²) in [5.74, 6) is 0.630. The monoisotopic (exact) mass is 255 g/mol. The van der Waals surface area contributed by atoms with Crippen molar-refractivity contribution in [1.29, 1.82) is 0 Å². The number of carbonyl (C=O) groups is 1. The molecule has 3 heteroatoms. The minimum Gasteiger partial charge on any atom is -0.398 e. The van der Waals surface area contributed by atoms with Gasteiger partial charge in [-0.05, 0) is 38.2 Å². The lowest BCUT2D eigenvalue weighted by atomic mass is 10.1. The predicted octanol–water partition coefficient (Wildman–Crippen LogP) is 4.23. The van der Waals surface area contributed by atoms with Crippen LogP contribution < -0.4 is 5.73 Å². The van der Waals surface area contributed by atoms with E-state index in [9.17, 15) is 4.79 Å². The Morgan fingerprint density at radius 2 is 2.00 bits per heavy atom. The molecule has 2 nitrogen and oxygen atoms in total. The molecule has 0 saturated carbocycles. The Bertz CT molecular complexity index is 293. The van der Waals surface area contributed by atoms with E-state index in [1.807, 2.05) is 26.0 Å². The van der Waals surface area contributed by atoms with Crippen LogP contribution in [0.3, 0.4) is 0 Å². The lowest BCUT2D eigenvalue weighted by Crippen LogP contribution is -2.02. The summed E-state index contributed by atoms with van der Waals surface area (Å²) >= 11 is 1.32. The van der Waals surface area contributed by atoms with Gasteiger partial charge < -0.3 is 5.73 Å². The molecule has 0 aromatic rings. The summed E-state index contributed by atoms with van der Waals surface area (Å²) in [5.41, 5.74) is 6.72. The average molecular weight is 255 g/mol. The van der Waals surface area contributed by atoms with Crippen LogP contribution >= 0.6 is 11.8 Å². The second-order valence-corrected chi connectivity index (χ2v) is 5.69. The van der Waals surface area contributed by atoms with Crippen LogP contribution in [0.1, 0.15) is 53.4 Å². The SMILES string of the molecule is C/C=C\C(N)=C(/CCC(C)C)SC(=O)CCC. The lowest BCUT2D eigenvalue weighted by molar-refractivity contribution is -0.110. The summed E-state index contributed by atoms with van der Waals surface area (Å²) in [7, 11) is 0. The lowest BCUT2D eigenvalue weighted by Gasteiger charge is -2.10. The normalized spacial score (nSPS) is 13.2. The molecule has 0 radical (unpaired) electrons. The minimum absolute atomic E-state index is 0.221. The third kappa shape index (κ3) is 8.08. The van der Waals surface area contributed by atoms with E-state index < -0.39 is 0 Å². The van der Waals surface area contributed by atoms with E-state index >= 15 is 0 Å². The molecule has 0 heterocycles. The zero-order valence-corrected chi connectivity index (χ0v) is 12.3. The Labute approximate surface area is 110 Å². The molecule has 17 heavy (non-hydrogen) atoms. The molecule has 0 saturated heterocycles. The van der Waals surface area contributed by atoms with Gasteiger partial charge in [-0.1, -0.05) is 38.6 Å². The molecule has 0 amide bonds. The molecule has 0 fully saturated rings. The Kier molecular flexibility index (Phi) is 8.96. The molecule has 2 N–H and O–H groups in total. The number of nitrogens with two attached hydrogens (primary N) is 1. The fourth-order valence-corrected chi connectivity index (χ4v) is 2.33. The van der Waals surface area contributed by atoms with Crippen LogP contribution in [0.5, 0.6) is 0 Å². The maximum Gasteiger partial charge on any atom is 0.193 e. The van der Waals surface area contributed by atoms with Crippen LogP contribution in [0, 0.1) is 5.92 Å². The standard InChI is InChI=1S/C14H25NOS/c1-5-7-12(15)13(10-9-11(3)4)17-14(16)8-6-2/h5,7,11H,6,8-10,15H2,1-4H3/b7-5-,13-12-. The molecule has 0 aromatic heterocycles. The fourth-order valence-electron chi connectivity index (χ4n) is 1.34. The largest absolute Gasteiger partial charge is 0.398 e. The van der Waals surface area contributed by atoms with Crippen molar-refractivity contribution in [3.05, 3.63) is 22.8 Å². The van der Waals surface area contributed by atoms with E-state index in [1.165, 1.54) is 11.8 Å². The average Bonchev–Trinajstić information content (AvgIpc) is 2.24. The molecular formula is C14H25NOS. The second-order valence-electron chi connectivity index (χ2n) is 4.54. The molecule has 0 atom stereocenters. The van der Waals surface area contributed by atoms with Crippen LogP contribution in [0.2, 0.25) is 0 Å². The topological polar surface area (TPSA) is 43.1 Å². The summed E-state index contributed by atoms with van der Waals surface area (Å²) < 4.78 is 0. The highest BCUT2D eigenvalue weighted by Crippen LogP contribution is 2.27. The van der Waals surface area contributed by atoms with Crippen molar-refractivity contribution in [3.8, 4) is 0 Å². The van der Waals surface area contributed by atoms with Gasteiger partial charge in [0.15, 0.2) is 5.12 Å². The van der Waals surface area contributed by atoms with Crippen molar-refractivity contribution in [3.63, 3.8) is 0 Å². The third-order valence-corrected chi connectivity index (χ3v) is 3.43. The van der Waals surface area contributed by atoms with E-state index in [-0.39, 0.29) is 5.12 Å². The highest BCUT2D eigenvalue weighted by molar-refractivity contribution is 8.16. The Balaban J connectivity index is 4.61. The first kappa shape index (κ1) is 16.3. The molecule has 0 aliphatic carbocycles. The van der Waals surface area contributed by atoms with Gasteiger partial charge in [-0.3, -0.25) is 4.79 Å². The van der Waals surface area contributed by atoms with E-state index in [4.69, 9.17) is 5.73 Å². The second kappa shape index (κ2) is 9.34. The summed E-state index contributed by atoms with van der Waals surface area (Å²) in [6.07, 6.45) is 7.27. The van der Waals surface area contributed by atoms with E-state index in [2.05, 4.69) is 13.8 Å². The molecule has 0 bridgehead atoms. The molecule has 0 aliphatic rings. The molecule has 98 valence electrons. The van der Waals surface area contributed by atoms with Crippen molar-refractivity contribution in [2.75, 3.05) is 0 Å². The molecule has 0 aromatic carbocycles. The molecular weight excluding hydrogens is 230 g/mol. The number of carbonyl (C=O) groups excluding carboxylic acids is 1. The van der Waals surface area contributed by atoms with Crippen LogP contribution in [-0.4, -0.2) is 5.12 Å². The van der Waals surface area contributed by atoms with Gasteiger partial charge in [0.25, 0.3) is 0 Å². The van der Waals surface area contributed by atoms with Gasteiger partial charge >= 0.3 is 0 Å². The number of rotatable bonds is 7. The molecule has 0 rings (SSSR count). The van der Waals surface area contributed by atoms with Gasteiger partial charge in [0, 0.05) is 17.0 Å². The van der Waals surface area contributed by atoms with Crippen molar-refractivity contribution in [2.45, 2.75) is 53.4 Å². The summed E-state index contributed by atoms with van der Waals surface area (Å²) in [6.45, 7) is 8.32. The van der Waals surface area contributed by atoms with Crippen LogP contribution in [-0.2, 0) is 4.79 Å². The van der Waals surface area contributed by atoms with Gasteiger partial charge in [0.1, 0.15) is 0 Å². The smallest absolute Gasteiger partial charge is 0.193 e. The van der Waals surface area contributed by atoms with Crippen molar-refractivity contribution in [2.24, 2.45) is 11.7 Å². The highest BCUT2D eigenvalue weighted by atomic mass is 32.2. The number of allylic oxidation sites excluding steroid dienone is 3. The van der Waals surface area contributed by atoms with Gasteiger partial charge in [-0.25, -0.2) is 0 Å². The minimum atomic E-state index is 0.221. The van der Waals surface area contributed by atoms with E-state index in [0.29, 0.717) is 12.3 Å². The van der Waals surface area contributed by atoms with Crippen molar-refractivity contribution >= 4 is 16.9 Å². The van der Waals surface area contributed by atoms with Crippen LogP contribution in [0.15, 0.2) is 22.8 Å².